The fraction of sp³-hybridized carbons (Fsp3) is 0.200. The minimum atomic E-state index is -0.763. The molecule has 0 atom stereocenters. The van der Waals surface area contributed by atoms with Crippen molar-refractivity contribution < 1.29 is 14.2 Å². The Morgan fingerprint density at radius 2 is 2.35 bits per heavy atom. The molecule has 2 aromatic heterocycles. The summed E-state index contributed by atoms with van der Waals surface area (Å²) in [6.45, 7) is 1.58. The largest absolute Gasteiger partial charge is 0.343 e. The number of aryl methyl sites for hydroxylation is 1. The molecule has 0 saturated heterocycles. The number of aromatic nitrogens is 3. The molecule has 0 aliphatic carbocycles. The lowest BCUT2D eigenvalue weighted by atomic mass is 10.2. The first-order valence-electron chi connectivity index (χ1n) is 5.35. The van der Waals surface area contributed by atoms with Crippen molar-refractivity contribution in [1.82, 2.24) is 20.4 Å². The smallest absolute Gasteiger partial charge is 0.319 e. The molecule has 2 aromatic rings. The summed E-state index contributed by atoms with van der Waals surface area (Å²) >= 11 is 5.62. The maximum Gasteiger partial charge on any atom is 0.319 e. The van der Waals surface area contributed by atoms with Gasteiger partial charge in [-0.05, 0) is 13.0 Å². The summed E-state index contributed by atoms with van der Waals surface area (Å²) in [5, 5.41) is 16.5. The van der Waals surface area contributed by atoms with Crippen molar-refractivity contribution in [3.63, 3.8) is 0 Å². The Labute approximate surface area is 117 Å². The van der Waals surface area contributed by atoms with Crippen LogP contribution in [0.4, 0.5) is 5.69 Å². The third-order valence-corrected chi connectivity index (χ3v) is 2.55. The molecule has 1 N–H and O–H groups in total. The summed E-state index contributed by atoms with van der Waals surface area (Å²) in [5.74, 6) is -0.0669. The number of hydrogen-bond donors (Lipinski definition) is 1. The predicted molar refractivity (Wildman–Crippen MR) is 66.1 cm³/mol. The van der Waals surface area contributed by atoms with Crippen molar-refractivity contribution in [2.45, 2.75) is 13.5 Å². The van der Waals surface area contributed by atoms with Gasteiger partial charge in [-0.2, -0.15) is 4.98 Å². The first kappa shape index (κ1) is 13.9. The number of nitrogens with zero attached hydrogens (tertiary/aromatic N) is 4. The minimum Gasteiger partial charge on any atom is -0.343 e. The molecule has 2 rings (SSSR count). The van der Waals surface area contributed by atoms with Crippen LogP contribution in [0.1, 0.15) is 22.1 Å². The fourth-order valence-electron chi connectivity index (χ4n) is 1.45. The zero-order chi connectivity index (χ0) is 14.7. The van der Waals surface area contributed by atoms with Gasteiger partial charge in [-0.25, -0.2) is 4.98 Å². The lowest BCUT2D eigenvalue weighted by molar-refractivity contribution is -0.385. The van der Waals surface area contributed by atoms with Gasteiger partial charge in [0.1, 0.15) is 5.56 Å². The summed E-state index contributed by atoms with van der Waals surface area (Å²) in [4.78, 5) is 29.5. The second kappa shape index (κ2) is 5.61. The van der Waals surface area contributed by atoms with Gasteiger partial charge in [-0.1, -0.05) is 16.8 Å². The Bertz CT molecular complexity index is 671. The molecular weight excluding hydrogens is 290 g/mol. The quantitative estimate of drug-likeness (QED) is 0.511. The molecule has 0 saturated carbocycles. The Kier molecular flexibility index (Phi) is 3.89. The van der Waals surface area contributed by atoms with Crippen LogP contribution in [0, 0.1) is 17.0 Å². The van der Waals surface area contributed by atoms with Gasteiger partial charge in [0, 0.05) is 6.20 Å². The molecule has 0 radical (unpaired) electrons. The highest BCUT2D eigenvalue weighted by atomic mass is 35.5. The first-order valence-corrected chi connectivity index (χ1v) is 5.73. The van der Waals surface area contributed by atoms with Crippen molar-refractivity contribution in [2.75, 3.05) is 0 Å². The zero-order valence-electron chi connectivity index (χ0n) is 10.2. The van der Waals surface area contributed by atoms with Gasteiger partial charge in [-0.15, -0.1) is 0 Å². The van der Waals surface area contributed by atoms with Gasteiger partial charge in [0.05, 0.1) is 11.5 Å². The number of rotatable bonds is 4. The molecule has 1 amide bonds. The van der Waals surface area contributed by atoms with Gasteiger partial charge < -0.3 is 9.84 Å². The van der Waals surface area contributed by atoms with E-state index in [1.165, 1.54) is 12.3 Å². The van der Waals surface area contributed by atoms with E-state index in [1.54, 1.807) is 6.92 Å². The lowest BCUT2D eigenvalue weighted by Crippen LogP contribution is -2.24. The van der Waals surface area contributed by atoms with Crippen LogP contribution in [0.5, 0.6) is 0 Å². The van der Waals surface area contributed by atoms with E-state index in [0.29, 0.717) is 5.82 Å². The van der Waals surface area contributed by atoms with Crippen LogP contribution in [-0.4, -0.2) is 26.0 Å². The summed E-state index contributed by atoms with van der Waals surface area (Å²) < 4.78 is 4.80. The molecule has 10 heteroatoms. The van der Waals surface area contributed by atoms with E-state index in [9.17, 15) is 14.9 Å². The highest BCUT2D eigenvalue weighted by molar-refractivity contribution is 6.32. The third kappa shape index (κ3) is 2.88. The Morgan fingerprint density at radius 1 is 1.60 bits per heavy atom. The number of nitro groups is 1. The number of carbonyl (C=O) groups excluding carboxylic acids is 1. The molecular formula is C10H8ClN5O4. The molecule has 0 aliphatic rings. The van der Waals surface area contributed by atoms with Crippen molar-refractivity contribution in [1.29, 1.82) is 0 Å². The van der Waals surface area contributed by atoms with E-state index < -0.39 is 16.5 Å². The Morgan fingerprint density at radius 3 is 2.95 bits per heavy atom. The number of pyridine rings is 1. The molecule has 0 aromatic carbocycles. The van der Waals surface area contributed by atoms with Crippen LogP contribution in [0.2, 0.25) is 5.15 Å². The molecule has 0 unspecified atom stereocenters. The van der Waals surface area contributed by atoms with E-state index in [2.05, 4.69) is 20.4 Å². The molecule has 9 nitrogen and oxygen atoms in total. The van der Waals surface area contributed by atoms with Crippen molar-refractivity contribution in [3.8, 4) is 0 Å². The fourth-order valence-corrected chi connectivity index (χ4v) is 1.68. The summed E-state index contributed by atoms with van der Waals surface area (Å²) in [6.07, 6.45) is 1.21. The predicted octanol–water partition coefficient (Wildman–Crippen LogP) is 1.26. The number of nitrogens with one attached hydrogen (secondary N) is 1. The molecule has 104 valence electrons. The van der Waals surface area contributed by atoms with Gasteiger partial charge in [0.2, 0.25) is 11.0 Å². The summed E-state index contributed by atoms with van der Waals surface area (Å²) in [5.41, 5.74) is -0.736. The topological polar surface area (TPSA) is 124 Å². The Hall–Kier alpha value is -2.55. The summed E-state index contributed by atoms with van der Waals surface area (Å²) in [6, 6.07) is 1.21. The van der Waals surface area contributed by atoms with Crippen molar-refractivity contribution >= 4 is 23.2 Å². The van der Waals surface area contributed by atoms with E-state index in [1.807, 2.05) is 0 Å². The van der Waals surface area contributed by atoms with Gasteiger partial charge in [0.15, 0.2) is 5.82 Å². The monoisotopic (exact) mass is 297 g/mol. The highest BCUT2D eigenvalue weighted by Gasteiger charge is 2.24. The average Bonchev–Trinajstić information content (AvgIpc) is 2.81. The van der Waals surface area contributed by atoms with E-state index >= 15 is 0 Å². The van der Waals surface area contributed by atoms with E-state index in [-0.39, 0.29) is 23.2 Å². The summed E-state index contributed by atoms with van der Waals surface area (Å²) in [7, 11) is 0. The van der Waals surface area contributed by atoms with Crippen LogP contribution in [0.25, 0.3) is 0 Å². The normalized spacial score (nSPS) is 10.3. The third-order valence-electron chi connectivity index (χ3n) is 2.28. The Balaban J connectivity index is 2.17. The van der Waals surface area contributed by atoms with Gasteiger partial charge in [0.25, 0.3) is 5.91 Å². The molecule has 0 fully saturated rings. The van der Waals surface area contributed by atoms with E-state index in [4.69, 9.17) is 16.1 Å². The average molecular weight is 298 g/mol. The zero-order valence-corrected chi connectivity index (χ0v) is 10.9. The van der Waals surface area contributed by atoms with Crippen LogP contribution in [-0.2, 0) is 6.54 Å². The molecule has 0 bridgehead atoms. The molecule has 2 heterocycles. The second-order valence-electron chi connectivity index (χ2n) is 3.67. The van der Waals surface area contributed by atoms with Crippen LogP contribution >= 0.6 is 11.6 Å². The van der Waals surface area contributed by atoms with Gasteiger partial charge >= 0.3 is 5.69 Å². The first-order chi connectivity index (χ1) is 9.49. The number of amides is 1. The van der Waals surface area contributed by atoms with Gasteiger partial charge in [-0.3, -0.25) is 14.9 Å². The maximum atomic E-state index is 11.9. The van der Waals surface area contributed by atoms with Crippen LogP contribution in [0.3, 0.4) is 0 Å². The number of carbonyl (C=O) groups is 1. The number of hydrogen-bond acceptors (Lipinski definition) is 7. The number of halogens is 1. The maximum absolute atomic E-state index is 11.9. The van der Waals surface area contributed by atoms with Crippen LogP contribution < -0.4 is 5.32 Å². The van der Waals surface area contributed by atoms with E-state index in [0.717, 1.165) is 0 Å². The molecule has 0 aliphatic heterocycles. The lowest BCUT2D eigenvalue weighted by Gasteiger charge is -2.03. The highest BCUT2D eigenvalue weighted by Crippen LogP contribution is 2.25. The van der Waals surface area contributed by atoms with Crippen molar-refractivity contribution in [3.05, 3.63) is 44.8 Å². The molecule has 0 spiro atoms. The van der Waals surface area contributed by atoms with Crippen molar-refractivity contribution in [2.24, 2.45) is 0 Å². The molecule has 20 heavy (non-hydrogen) atoms. The van der Waals surface area contributed by atoms with Crippen LogP contribution in [0.15, 0.2) is 16.8 Å². The standard InChI is InChI=1S/C10H8ClN5O4/c1-5-14-7(20-15-5)4-13-10(17)6-2-3-12-9(11)8(6)16(18)19/h2-3H,4H2,1H3,(H,13,17). The SMILES string of the molecule is Cc1noc(CNC(=O)c2ccnc(Cl)c2[N+](=O)[O-])n1. The second-order valence-corrected chi connectivity index (χ2v) is 4.03. The minimum absolute atomic E-state index is 0.0449.